The average molecular weight is 309 g/mol. The number of ether oxygens (including phenoxy) is 1. The third-order valence-corrected chi connectivity index (χ3v) is 4.10. The highest BCUT2D eigenvalue weighted by Gasteiger charge is 2.16. The third-order valence-electron chi connectivity index (χ3n) is 3.11. The lowest BCUT2D eigenvalue weighted by molar-refractivity contribution is 0.0687. The van der Waals surface area contributed by atoms with Crippen LogP contribution in [0.4, 0.5) is 0 Å². The van der Waals surface area contributed by atoms with Crippen molar-refractivity contribution in [3.8, 4) is 0 Å². The zero-order chi connectivity index (χ0) is 15.2. The van der Waals surface area contributed by atoms with Gasteiger partial charge in [-0.3, -0.25) is 10.00 Å². The highest BCUT2D eigenvalue weighted by molar-refractivity contribution is 7.11. The fraction of sp³-hybridized carbons (Fsp3) is 0.429. The molecule has 2 aromatic rings. The van der Waals surface area contributed by atoms with Crippen molar-refractivity contribution < 1.29 is 14.6 Å². The predicted octanol–water partition coefficient (Wildman–Crippen LogP) is 2.13. The van der Waals surface area contributed by atoms with Gasteiger partial charge < -0.3 is 9.84 Å². The summed E-state index contributed by atoms with van der Waals surface area (Å²) in [5.41, 5.74) is 0.839. The molecule has 2 heterocycles. The molecule has 0 amide bonds. The minimum atomic E-state index is -0.985. The molecule has 0 aliphatic heterocycles. The van der Waals surface area contributed by atoms with Gasteiger partial charge in [-0.05, 0) is 19.1 Å². The molecular weight excluding hydrogens is 290 g/mol. The summed E-state index contributed by atoms with van der Waals surface area (Å²) in [6.45, 7) is 4.71. The Balaban J connectivity index is 2.08. The second-order valence-electron chi connectivity index (χ2n) is 4.79. The normalized spacial score (nSPS) is 11.2. The summed E-state index contributed by atoms with van der Waals surface area (Å²) in [7, 11) is 1.66. The standard InChI is InChI=1S/C14H19N3O3S/c1-10-3-4-12(21-10)9-17(5-6-20-2)8-11-7-15-16-13(11)14(18)19/h3-4,7H,5-6,8-9H2,1-2H3,(H,15,16)(H,18,19). The maximum atomic E-state index is 11.1. The molecule has 2 rings (SSSR count). The predicted molar refractivity (Wildman–Crippen MR) is 80.6 cm³/mol. The van der Waals surface area contributed by atoms with Crippen molar-refractivity contribution in [3.63, 3.8) is 0 Å². The molecule has 6 nitrogen and oxygen atoms in total. The first-order valence-electron chi connectivity index (χ1n) is 6.62. The van der Waals surface area contributed by atoms with Crippen LogP contribution in [-0.2, 0) is 17.8 Å². The number of hydrogen-bond donors (Lipinski definition) is 2. The van der Waals surface area contributed by atoms with Gasteiger partial charge >= 0.3 is 5.97 Å². The Kier molecular flexibility index (Phi) is 5.49. The van der Waals surface area contributed by atoms with E-state index in [9.17, 15) is 4.79 Å². The number of carbonyl (C=O) groups is 1. The van der Waals surface area contributed by atoms with E-state index in [-0.39, 0.29) is 5.69 Å². The van der Waals surface area contributed by atoms with Gasteiger partial charge in [0.25, 0.3) is 0 Å². The van der Waals surface area contributed by atoms with Crippen LogP contribution < -0.4 is 0 Å². The second-order valence-corrected chi connectivity index (χ2v) is 6.16. The van der Waals surface area contributed by atoms with Gasteiger partial charge in [0.1, 0.15) is 5.69 Å². The molecule has 114 valence electrons. The molecule has 0 saturated heterocycles. The van der Waals surface area contributed by atoms with Gasteiger partial charge in [0.05, 0.1) is 12.8 Å². The highest BCUT2D eigenvalue weighted by Crippen LogP contribution is 2.19. The number of aromatic carboxylic acids is 1. The molecule has 0 unspecified atom stereocenters. The molecule has 0 aliphatic rings. The number of methoxy groups -OCH3 is 1. The molecule has 0 radical (unpaired) electrons. The maximum Gasteiger partial charge on any atom is 0.354 e. The number of thiophene rings is 1. The molecular formula is C14H19N3O3S. The summed E-state index contributed by atoms with van der Waals surface area (Å²) >= 11 is 1.75. The van der Waals surface area contributed by atoms with Crippen molar-refractivity contribution in [1.29, 1.82) is 0 Å². The number of carboxylic acids is 1. The van der Waals surface area contributed by atoms with Gasteiger partial charge in [-0.2, -0.15) is 5.10 Å². The van der Waals surface area contributed by atoms with Crippen molar-refractivity contribution in [2.24, 2.45) is 0 Å². The van der Waals surface area contributed by atoms with Crippen LogP contribution in [0.2, 0.25) is 0 Å². The zero-order valence-corrected chi connectivity index (χ0v) is 12.9. The number of hydrogen-bond acceptors (Lipinski definition) is 5. The van der Waals surface area contributed by atoms with Gasteiger partial charge in [-0.15, -0.1) is 11.3 Å². The van der Waals surface area contributed by atoms with E-state index in [0.717, 1.165) is 13.1 Å². The van der Waals surface area contributed by atoms with Gasteiger partial charge in [-0.25, -0.2) is 4.79 Å². The van der Waals surface area contributed by atoms with Crippen LogP contribution in [0.5, 0.6) is 0 Å². The van der Waals surface area contributed by atoms with Crippen molar-refractivity contribution in [2.75, 3.05) is 20.3 Å². The Hall–Kier alpha value is -1.70. The average Bonchev–Trinajstić information content (AvgIpc) is 3.05. The highest BCUT2D eigenvalue weighted by atomic mass is 32.1. The summed E-state index contributed by atoms with van der Waals surface area (Å²) in [5, 5.41) is 15.5. The fourth-order valence-corrected chi connectivity index (χ4v) is 3.01. The number of nitrogens with one attached hydrogen (secondary N) is 1. The minimum absolute atomic E-state index is 0.153. The molecule has 7 heteroatoms. The molecule has 0 fully saturated rings. The van der Waals surface area contributed by atoms with Crippen molar-refractivity contribution in [1.82, 2.24) is 15.1 Å². The van der Waals surface area contributed by atoms with E-state index in [0.29, 0.717) is 18.7 Å². The molecule has 2 N–H and O–H groups in total. The van der Waals surface area contributed by atoms with Gasteiger partial charge in [0, 0.05) is 42.1 Å². The van der Waals surface area contributed by atoms with Crippen LogP contribution in [0, 0.1) is 6.92 Å². The smallest absolute Gasteiger partial charge is 0.354 e. The Morgan fingerprint density at radius 1 is 1.48 bits per heavy atom. The quantitative estimate of drug-likeness (QED) is 0.781. The Morgan fingerprint density at radius 2 is 2.29 bits per heavy atom. The Bertz CT molecular complexity index is 594. The lowest BCUT2D eigenvalue weighted by Crippen LogP contribution is -2.27. The molecule has 0 atom stereocenters. The largest absolute Gasteiger partial charge is 0.477 e. The summed E-state index contributed by atoms with van der Waals surface area (Å²) in [6.07, 6.45) is 1.57. The topological polar surface area (TPSA) is 78.5 Å². The monoisotopic (exact) mass is 309 g/mol. The third kappa shape index (κ3) is 4.38. The SMILES string of the molecule is COCCN(Cc1ccc(C)s1)Cc1cn[nH]c1C(=O)O. The molecule has 21 heavy (non-hydrogen) atoms. The van der Waals surface area contributed by atoms with Crippen molar-refractivity contribution >= 4 is 17.3 Å². The molecule has 0 aliphatic carbocycles. The van der Waals surface area contributed by atoms with Crippen LogP contribution in [0.25, 0.3) is 0 Å². The van der Waals surface area contributed by atoms with E-state index >= 15 is 0 Å². The summed E-state index contributed by atoms with van der Waals surface area (Å²) in [4.78, 5) is 15.8. The van der Waals surface area contributed by atoms with Gasteiger partial charge in [0.15, 0.2) is 0 Å². The molecule has 0 saturated carbocycles. The van der Waals surface area contributed by atoms with Crippen LogP contribution >= 0.6 is 11.3 Å². The number of nitrogens with zero attached hydrogens (tertiary/aromatic N) is 2. The molecule has 0 spiro atoms. The summed E-state index contributed by atoms with van der Waals surface area (Å²) in [6, 6.07) is 4.20. The van der Waals surface area contributed by atoms with E-state index in [4.69, 9.17) is 9.84 Å². The first-order chi connectivity index (χ1) is 10.1. The van der Waals surface area contributed by atoms with E-state index in [1.54, 1.807) is 24.6 Å². The summed E-state index contributed by atoms with van der Waals surface area (Å²) in [5.74, 6) is -0.985. The number of carboxylic acid groups (broad SMARTS) is 1. The Labute approximate surface area is 127 Å². The van der Waals surface area contributed by atoms with Gasteiger partial charge in [0.2, 0.25) is 0 Å². The zero-order valence-electron chi connectivity index (χ0n) is 12.1. The number of aromatic amines is 1. The maximum absolute atomic E-state index is 11.1. The van der Waals surface area contributed by atoms with Crippen LogP contribution in [0.1, 0.15) is 25.8 Å². The first-order valence-corrected chi connectivity index (χ1v) is 7.44. The molecule has 2 aromatic heterocycles. The minimum Gasteiger partial charge on any atom is -0.477 e. The van der Waals surface area contributed by atoms with Gasteiger partial charge in [-0.1, -0.05) is 0 Å². The summed E-state index contributed by atoms with van der Waals surface area (Å²) < 4.78 is 5.13. The lowest BCUT2D eigenvalue weighted by atomic mass is 10.2. The first kappa shape index (κ1) is 15.7. The lowest BCUT2D eigenvalue weighted by Gasteiger charge is -2.20. The van der Waals surface area contributed by atoms with Crippen LogP contribution in [0.15, 0.2) is 18.3 Å². The number of rotatable bonds is 8. The Morgan fingerprint density at radius 3 is 2.90 bits per heavy atom. The number of aryl methyl sites for hydroxylation is 1. The van der Waals surface area contributed by atoms with E-state index < -0.39 is 5.97 Å². The number of H-pyrrole nitrogens is 1. The van der Waals surface area contributed by atoms with Crippen molar-refractivity contribution in [2.45, 2.75) is 20.0 Å². The van der Waals surface area contributed by atoms with Crippen LogP contribution in [-0.4, -0.2) is 46.4 Å². The molecule has 0 aromatic carbocycles. The van der Waals surface area contributed by atoms with E-state index in [1.807, 2.05) is 0 Å². The number of aromatic nitrogens is 2. The fourth-order valence-electron chi connectivity index (χ4n) is 2.08. The van der Waals surface area contributed by atoms with E-state index in [1.165, 1.54) is 9.75 Å². The van der Waals surface area contributed by atoms with Crippen LogP contribution in [0.3, 0.4) is 0 Å². The van der Waals surface area contributed by atoms with E-state index in [2.05, 4.69) is 34.2 Å². The molecule has 0 bridgehead atoms. The second kappa shape index (κ2) is 7.35. The van der Waals surface area contributed by atoms with Crippen molar-refractivity contribution in [3.05, 3.63) is 39.3 Å².